The van der Waals surface area contributed by atoms with Gasteiger partial charge in [-0.1, -0.05) is 19.7 Å². The van der Waals surface area contributed by atoms with E-state index >= 15 is 35.1 Å². The van der Waals surface area contributed by atoms with Gasteiger partial charge in [0.05, 0.1) is 0 Å². The molecule has 0 aromatic carbocycles. The Morgan fingerprint density at radius 2 is 0.788 bits per heavy atom. The smallest absolute Gasteiger partial charge is 0.298 e. The van der Waals surface area contributed by atoms with Gasteiger partial charge in [0.1, 0.15) is 0 Å². The maximum Gasteiger partial charge on any atom is 0.457 e. The first kappa shape index (κ1) is 47.8. The monoisotopic (exact) mass is 806 g/mol. The maximum absolute atomic E-state index is 15.6. The number of carbonyl (C=O) groups excluding carboxylic acids is 6. The second-order valence-corrected chi connectivity index (χ2v) is 9.35. The lowest BCUT2D eigenvalue weighted by atomic mass is 9.76. The molecule has 0 saturated carbocycles. The Morgan fingerprint density at radius 1 is 0.500 bits per heavy atom. The highest BCUT2D eigenvalue weighted by Gasteiger charge is 2.95. The number of alkyl halides is 19. The van der Waals surface area contributed by atoms with Gasteiger partial charge in [-0.2, -0.15) is 74.6 Å². The third kappa shape index (κ3) is 8.06. The van der Waals surface area contributed by atoms with Gasteiger partial charge in [0, 0.05) is 6.92 Å². The van der Waals surface area contributed by atoms with Crippen LogP contribution in [0.2, 0.25) is 0 Å². The number of hydrogen-bond donors (Lipinski definition) is 0. The van der Waals surface area contributed by atoms with Crippen molar-refractivity contribution in [3.63, 3.8) is 0 Å². The highest BCUT2D eigenvalue weighted by atomic mass is 19.4. The molecule has 0 heterocycles. The zero-order valence-corrected chi connectivity index (χ0v) is 24.3. The van der Waals surface area contributed by atoms with Crippen molar-refractivity contribution in [2.24, 2.45) is 5.41 Å². The number of allylic oxidation sites excluding steroid dienone is 3. The average Bonchev–Trinajstić information content (AvgIpc) is 2.93. The zero-order valence-electron chi connectivity index (χ0n) is 24.3. The molecular formula is C24H13F19O9. The minimum atomic E-state index is -8.86. The third-order valence-electron chi connectivity index (χ3n) is 5.87. The summed E-state index contributed by atoms with van der Waals surface area (Å²) in [5.74, 6) is -44.2. The Labute approximate surface area is 273 Å². The van der Waals surface area contributed by atoms with Gasteiger partial charge in [0.25, 0.3) is 17.5 Å². The molecule has 0 aliphatic rings. The van der Waals surface area contributed by atoms with Gasteiger partial charge in [0.15, 0.2) is 0 Å². The Hall–Kier alpha value is -4.21. The molecule has 0 aliphatic carbocycles. The van der Waals surface area contributed by atoms with Crippen LogP contribution in [0.1, 0.15) is 6.92 Å². The third-order valence-corrected chi connectivity index (χ3v) is 5.87. The number of carbonyl (C=O) groups is 6. The van der Waals surface area contributed by atoms with E-state index in [9.17, 15) is 77.1 Å². The highest BCUT2D eigenvalue weighted by Crippen LogP contribution is 2.68. The summed E-state index contributed by atoms with van der Waals surface area (Å²) >= 11 is 0. The van der Waals surface area contributed by atoms with Crippen LogP contribution in [0, 0.1) is 5.41 Å². The van der Waals surface area contributed by atoms with E-state index in [-0.39, 0.29) is 0 Å². The summed E-state index contributed by atoms with van der Waals surface area (Å²) in [7, 11) is 0. The van der Waals surface area contributed by atoms with Crippen molar-refractivity contribution < 1.29 is 126 Å². The predicted molar refractivity (Wildman–Crippen MR) is 121 cm³/mol. The van der Waals surface area contributed by atoms with E-state index in [1.807, 2.05) is 9.47 Å². The minimum absolute atomic E-state index is 0.592. The second kappa shape index (κ2) is 14.3. The van der Waals surface area contributed by atoms with Crippen LogP contribution in [0.3, 0.4) is 0 Å². The van der Waals surface area contributed by atoms with Crippen molar-refractivity contribution in [1.29, 1.82) is 0 Å². The normalized spacial score (nSPS) is 17.8. The van der Waals surface area contributed by atoms with E-state index in [1.54, 1.807) is 0 Å². The van der Waals surface area contributed by atoms with E-state index in [0.717, 1.165) is 0 Å². The lowest BCUT2D eigenvalue weighted by Crippen LogP contribution is -2.77. The fourth-order valence-corrected chi connectivity index (χ4v) is 3.48. The van der Waals surface area contributed by atoms with Crippen LogP contribution in [-0.2, 0) is 43.0 Å². The molecule has 0 saturated heterocycles. The number of rotatable bonds is 19. The van der Waals surface area contributed by atoms with Crippen molar-refractivity contribution in [3.8, 4) is 0 Å². The van der Waals surface area contributed by atoms with Gasteiger partial charge in [-0.05, 0) is 18.2 Å². The molecule has 0 spiro atoms. The molecule has 0 fully saturated rings. The zero-order chi connectivity index (χ0) is 42.3. The molecule has 0 amide bonds. The summed E-state index contributed by atoms with van der Waals surface area (Å²) < 4.78 is 281. The Balaban J connectivity index is 8.94. The van der Waals surface area contributed by atoms with Gasteiger partial charge in [-0.3, -0.25) is 43.0 Å². The molecular weight excluding hydrogens is 793 g/mol. The quantitative estimate of drug-likeness (QED) is 0.0902. The Morgan fingerprint density at radius 3 is 1.00 bits per heavy atom. The van der Waals surface area contributed by atoms with E-state index < -0.39 is 126 Å². The number of halogens is 19. The summed E-state index contributed by atoms with van der Waals surface area (Å²) in [5.41, 5.74) is -8.86. The molecule has 0 rings (SSSR count). The van der Waals surface area contributed by atoms with Crippen LogP contribution < -0.4 is 0 Å². The van der Waals surface area contributed by atoms with Crippen LogP contribution in [0.4, 0.5) is 83.4 Å². The van der Waals surface area contributed by atoms with Crippen molar-refractivity contribution in [2.75, 3.05) is 0 Å². The summed E-state index contributed by atoms with van der Waals surface area (Å²) in [5, 5.41) is 0. The Kier molecular flexibility index (Phi) is 13.2. The number of ketones is 6. The molecule has 52 heavy (non-hydrogen) atoms. The van der Waals surface area contributed by atoms with Crippen LogP contribution in [0.15, 0.2) is 38.0 Å². The van der Waals surface area contributed by atoms with Crippen LogP contribution in [0.25, 0.3) is 0 Å². The predicted octanol–water partition coefficient (Wildman–Crippen LogP) is 5.82. The molecule has 0 aliphatic heterocycles. The summed E-state index contributed by atoms with van der Waals surface area (Å²) in [6.07, 6.45) is -56.7. The van der Waals surface area contributed by atoms with Crippen molar-refractivity contribution in [3.05, 3.63) is 38.0 Å². The molecule has 296 valence electrons. The van der Waals surface area contributed by atoms with Gasteiger partial charge < -0.3 is 0 Å². The topological polar surface area (TPSA) is 130 Å². The summed E-state index contributed by atoms with van der Waals surface area (Å²) in [4.78, 5) is 69.3. The largest absolute Gasteiger partial charge is 0.457 e. The fraction of sp³-hybridized carbons (Fsp3) is 0.500. The fourth-order valence-electron chi connectivity index (χ4n) is 3.48. The molecule has 0 radical (unpaired) electrons. The van der Waals surface area contributed by atoms with Crippen molar-refractivity contribution in [2.45, 2.75) is 67.5 Å². The maximum atomic E-state index is 15.6. The molecule has 3 atom stereocenters. The van der Waals surface area contributed by atoms with Crippen LogP contribution in [0.5, 0.6) is 0 Å². The standard InChI is InChI=1S/C24H13F19O9/c1-5-8(44)11(47)14(18(29,30)31)50-22(38,39)19(15(4,25)26,23(40,41)51-16(27,20(32,33)34)12(48)9(45)6-2)24(42,43)52-17(28,21(35,36)37)13(49)10(46)7-3/h5-7,14H,1-3H2,4H3. The van der Waals surface area contributed by atoms with Crippen molar-refractivity contribution >= 4 is 34.7 Å². The molecule has 0 aromatic heterocycles. The van der Waals surface area contributed by atoms with Crippen LogP contribution in [-0.4, -0.2) is 95.3 Å². The SMILES string of the molecule is C=CC(=O)C(=O)C(OC(F)(F)C(C(C)(F)F)(C(F)(F)OC(F)(C(=O)C(=O)C=C)C(F)(F)F)C(F)(F)OC(F)(C(=O)C(=O)C=C)C(F)(F)F)C(F)(F)F. The lowest BCUT2D eigenvalue weighted by Gasteiger charge is -2.51. The van der Waals surface area contributed by atoms with Crippen LogP contribution >= 0.6 is 0 Å². The van der Waals surface area contributed by atoms with Gasteiger partial charge in [-0.15, -0.1) is 0 Å². The molecule has 9 nitrogen and oxygen atoms in total. The van der Waals surface area contributed by atoms with E-state index in [4.69, 9.17) is 0 Å². The van der Waals surface area contributed by atoms with E-state index in [2.05, 4.69) is 24.5 Å². The minimum Gasteiger partial charge on any atom is -0.298 e. The molecule has 0 N–H and O–H groups in total. The Bertz CT molecular complexity index is 1430. The molecule has 0 aromatic rings. The number of hydrogen-bond acceptors (Lipinski definition) is 9. The van der Waals surface area contributed by atoms with E-state index in [1.165, 1.54) is 0 Å². The van der Waals surface area contributed by atoms with Gasteiger partial charge in [0.2, 0.25) is 29.2 Å². The number of Topliss-reactive ketones (excluding diaryl/α,β-unsaturated/α-hetero) is 3. The average molecular weight is 806 g/mol. The molecule has 28 heteroatoms. The second-order valence-electron chi connectivity index (χ2n) is 9.35. The van der Waals surface area contributed by atoms with Gasteiger partial charge >= 0.3 is 54.0 Å². The summed E-state index contributed by atoms with van der Waals surface area (Å²) in [6.45, 7) is 4.76. The lowest BCUT2D eigenvalue weighted by molar-refractivity contribution is -0.566. The highest BCUT2D eigenvalue weighted by molar-refractivity contribution is 6.44. The first-order valence-corrected chi connectivity index (χ1v) is 12.0. The molecule has 3 unspecified atom stereocenters. The van der Waals surface area contributed by atoms with Gasteiger partial charge in [-0.25, -0.2) is 8.78 Å². The van der Waals surface area contributed by atoms with E-state index in [0.29, 0.717) is 0 Å². The van der Waals surface area contributed by atoms with Crippen molar-refractivity contribution in [1.82, 2.24) is 0 Å². The summed E-state index contributed by atoms with van der Waals surface area (Å²) in [6, 6.07) is 0. The number of ether oxygens (including phenoxy) is 3. The first-order valence-electron chi connectivity index (χ1n) is 12.0. The first-order chi connectivity index (χ1) is 22.7. The molecule has 0 bridgehead atoms.